The third-order valence-corrected chi connectivity index (χ3v) is 5.16. The predicted molar refractivity (Wildman–Crippen MR) is 116 cm³/mol. The van der Waals surface area contributed by atoms with Gasteiger partial charge in [-0.15, -0.1) is 0 Å². The van der Waals surface area contributed by atoms with Gasteiger partial charge in [0.1, 0.15) is 5.75 Å². The fraction of sp³-hybridized carbons (Fsp3) is 0.435. The number of nitrogens with one attached hydrogen (secondary N) is 1. The van der Waals surface area contributed by atoms with Crippen molar-refractivity contribution in [3.8, 4) is 5.75 Å². The zero-order chi connectivity index (χ0) is 20.6. The van der Waals surface area contributed by atoms with Crippen molar-refractivity contribution in [1.82, 2.24) is 10.2 Å². The molecule has 6 heteroatoms. The summed E-state index contributed by atoms with van der Waals surface area (Å²) in [7, 11) is 4.07. The van der Waals surface area contributed by atoms with E-state index in [9.17, 15) is 4.79 Å². The van der Waals surface area contributed by atoms with E-state index in [0.717, 1.165) is 37.7 Å². The van der Waals surface area contributed by atoms with E-state index in [2.05, 4.69) is 39.4 Å². The molecule has 0 spiro atoms. The Morgan fingerprint density at radius 2 is 1.76 bits per heavy atom. The maximum absolute atomic E-state index is 12.7. The van der Waals surface area contributed by atoms with Crippen LogP contribution < -0.4 is 15.0 Å². The van der Waals surface area contributed by atoms with E-state index >= 15 is 0 Å². The molecule has 3 rings (SSSR count). The summed E-state index contributed by atoms with van der Waals surface area (Å²) in [5, 5.41) is 3.11. The number of benzene rings is 2. The van der Waals surface area contributed by atoms with E-state index in [1.54, 1.807) is 12.1 Å². The van der Waals surface area contributed by atoms with Gasteiger partial charge in [-0.05, 0) is 48.9 Å². The molecule has 1 N–H and O–H groups in total. The zero-order valence-electron chi connectivity index (χ0n) is 17.6. The molecule has 0 bridgehead atoms. The van der Waals surface area contributed by atoms with Gasteiger partial charge in [0.25, 0.3) is 5.91 Å². The van der Waals surface area contributed by atoms with E-state index in [4.69, 9.17) is 9.47 Å². The van der Waals surface area contributed by atoms with Crippen LogP contribution >= 0.6 is 0 Å². The summed E-state index contributed by atoms with van der Waals surface area (Å²) in [5.41, 5.74) is 2.99. The quantitative estimate of drug-likeness (QED) is 0.742. The van der Waals surface area contributed by atoms with Gasteiger partial charge < -0.3 is 19.7 Å². The highest BCUT2D eigenvalue weighted by atomic mass is 16.5. The molecule has 29 heavy (non-hydrogen) atoms. The summed E-state index contributed by atoms with van der Waals surface area (Å²) in [6.07, 6.45) is 0. The van der Waals surface area contributed by atoms with Crippen molar-refractivity contribution in [2.45, 2.75) is 13.0 Å². The Labute approximate surface area is 173 Å². The molecule has 1 atom stereocenters. The Hall–Kier alpha value is -2.57. The van der Waals surface area contributed by atoms with Gasteiger partial charge in [0, 0.05) is 45.0 Å². The van der Waals surface area contributed by atoms with Crippen LogP contribution in [0.1, 0.15) is 28.9 Å². The highest BCUT2D eigenvalue weighted by Gasteiger charge is 2.23. The van der Waals surface area contributed by atoms with E-state index in [1.807, 2.05) is 33.2 Å². The molecule has 2 aromatic rings. The van der Waals surface area contributed by atoms with Gasteiger partial charge in [-0.1, -0.05) is 12.1 Å². The number of ether oxygens (including phenoxy) is 2. The van der Waals surface area contributed by atoms with E-state index in [-0.39, 0.29) is 11.9 Å². The summed E-state index contributed by atoms with van der Waals surface area (Å²) in [6, 6.07) is 15.9. The molecule has 1 fully saturated rings. The molecule has 0 radical (unpaired) electrons. The number of carbonyl (C=O) groups excluding carboxylic acids is 1. The van der Waals surface area contributed by atoms with Gasteiger partial charge in [-0.25, -0.2) is 0 Å². The topological polar surface area (TPSA) is 54.0 Å². The maximum Gasteiger partial charge on any atom is 0.251 e. The molecule has 0 aromatic heterocycles. The van der Waals surface area contributed by atoms with Gasteiger partial charge in [-0.3, -0.25) is 9.69 Å². The first-order valence-electron chi connectivity index (χ1n) is 10.2. The van der Waals surface area contributed by atoms with E-state index < -0.39 is 0 Å². The fourth-order valence-electron chi connectivity index (χ4n) is 3.50. The average Bonchev–Trinajstić information content (AvgIpc) is 2.75. The number of rotatable bonds is 8. The van der Waals surface area contributed by atoms with Crippen LogP contribution in [0.2, 0.25) is 0 Å². The average molecular weight is 398 g/mol. The van der Waals surface area contributed by atoms with Gasteiger partial charge in [-0.2, -0.15) is 0 Å². The molecular weight excluding hydrogens is 366 g/mol. The van der Waals surface area contributed by atoms with Crippen molar-refractivity contribution >= 4 is 11.6 Å². The summed E-state index contributed by atoms with van der Waals surface area (Å²) in [6.45, 7) is 6.26. The number of hydrogen-bond acceptors (Lipinski definition) is 5. The fourth-order valence-corrected chi connectivity index (χ4v) is 3.50. The predicted octanol–water partition coefficient (Wildman–Crippen LogP) is 2.95. The Balaban J connectivity index is 1.70. The summed E-state index contributed by atoms with van der Waals surface area (Å²) >= 11 is 0. The SMILES string of the molecule is CCOc1ccc(C(=O)NCC(c2ccc(N(C)C)cc2)N2CCOCC2)cc1. The molecule has 6 nitrogen and oxygen atoms in total. The second-order valence-corrected chi connectivity index (χ2v) is 7.32. The zero-order valence-corrected chi connectivity index (χ0v) is 17.6. The van der Waals surface area contributed by atoms with Gasteiger partial charge >= 0.3 is 0 Å². The van der Waals surface area contributed by atoms with Crippen LogP contribution in [0.3, 0.4) is 0 Å². The number of carbonyl (C=O) groups is 1. The molecule has 1 aliphatic heterocycles. The smallest absolute Gasteiger partial charge is 0.251 e. The molecule has 0 aliphatic carbocycles. The summed E-state index contributed by atoms with van der Waals surface area (Å²) in [4.78, 5) is 17.1. The summed E-state index contributed by atoms with van der Waals surface area (Å²) in [5.74, 6) is 0.701. The largest absolute Gasteiger partial charge is 0.494 e. The van der Waals surface area contributed by atoms with Crippen molar-refractivity contribution in [3.05, 3.63) is 59.7 Å². The minimum Gasteiger partial charge on any atom is -0.494 e. The highest BCUT2D eigenvalue weighted by Crippen LogP contribution is 2.24. The van der Waals surface area contributed by atoms with Crippen LogP contribution in [0.25, 0.3) is 0 Å². The highest BCUT2D eigenvalue weighted by molar-refractivity contribution is 5.94. The first kappa shape index (κ1) is 21.1. The van der Waals surface area contributed by atoms with E-state index in [0.29, 0.717) is 18.7 Å². The second kappa shape index (κ2) is 10.3. The van der Waals surface area contributed by atoms with Crippen molar-refractivity contribution < 1.29 is 14.3 Å². The lowest BCUT2D eigenvalue weighted by Crippen LogP contribution is -2.43. The molecular formula is C23H31N3O3. The Morgan fingerprint density at radius 3 is 2.34 bits per heavy atom. The summed E-state index contributed by atoms with van der Waals surface area (Å²) < 4.78 is 11.0. The van der Waals surface area contributed by atoms with Crippen molar-refractivity contribution in [1.29, 1.82) is 0 Å². The van der Waals surface area contributed by atoms with Crippen molar-refractivity contribution in [2.24, 2.45) is 0 Å². The van der Waals surface area contributed by atoms with Gasteiger partial charge in [0.15, 0.2) is 0 Å². The second-order valence-electron chi connectivity index (χ2n) is 7.32. The molecule has 1 amide bonds. The van der Waals surface area contributed by atoms with Crippen LogP contribution in [0.5, 0.6) is 5.75 Å². The molecule has 1 unspecified atom stereocenters. The van der Waals surface area contributed by atoms with Crippen LogP contribution in [0.4, 0.5) is 5.69 Å². The van der Waals surface area contributed by atoms with Crippen LogP contribution in [0, 0.1) is 0 Å². The minimum absolute atomic E-state index is 0.0729. The first-order chi connectivity index (χ1) is 14.1. The van der Waals surface area contributed by atoms with Crippen molar-refractivity contribution in [2.75, 3.05) is 58.5 Å². The van der Waals surface area contributed by atoms with Gasteiger partial charge in [0.05, 0.1) is 25.9 Å². The monoisotopic (exact) mass is 397 g/mol. The molecule has 1 saturated heterocycles. The lowest BCUT2D eigenvalue weighted by Gasteiger charge is -2.35. The first-order valence-corrected chi connectivity index (χ1v) is 10.2. The number of nitrogens with zero attached hydrogens (tertiary/aromatic N) is 2. The number of anilines is 1. The standard InChI is InChI=1S/C23H31N3O3/c1-4-29-21-11-7-19(8-12-21)23(27)24-17-22(26-13-15-28-16-14-26)18-5-9-20(10-6-18)25(2)3/h5-12,22H,4,13-17H2,1-3H3,(H,24,27). The van der Waals surface area contributed by atoms with Crippen LogP contribution in [-0.4, -0.2) is 64.4 Å². The Bertz CT molecular complexity index is 769. The number of hydrogen-bond donors (Lipinski definition) is 1. The lowest BCUT2D eigenvalue weighted by molar-refractivity contribution is 0.0162. The van der Waals surface area contributed by atoms with Crippen LogP contribution in [-0.2, 0) is 4.74 Å². The Morgan fingerprint density at radius 1 is 1.10 bits per heavy atom. The maximum atomic E-state index is 12.7. The molecule has 0 saturated carbocycles. The number of amides is 1. The number of morpholine rings is 1. The molecule has 2 aromatic carbocycles. The van der Waals surface area contributed by atoms with Gasteiger partial charge in [0.2, 0.25) is 0 Å². The molecule has 1 aliphatic rings. The third-order valence-electron chi connectivity index (χ3n) is 5.16. The Kier molecular flexibility index (Phi) is 7.49. The molecule has 156 valence electrons. The van der Waals surface area contributed by atoms with E-state index in [1.165, 1.54) is 5.56 Å². The normalized spacial score (nSPS) is 15.6. The minimum atomic E-state index is -0.0729. The third kappa shape index (κ3) is 5.71. The lowest BCUT2D eigenvalue weighted by atomic mass is 10.0. The van der Waals surface area contributed by atoms with Crippen LogP contribution in [0.15, 0.2) is 48.5 Å². The molecule has 1 heterocycles. The van der Waals surface area contributed by atoms with Crippen molar-refractivity contribution in [3.63, 3.8) is 0 Å².